The standard InChI is InChI=1S/C36H45N5O3/c1-4-29-26(22-38-28-15-17-41(18-16-28)24-25-11-8-7-9-12-25)13-10-14-31(29)40-36-27(19-35(37)42)23-39-32-21-34(44-6-3)33(43-5-2)20-30(32)36/h7-14,20-21,23,28,38H,4-6,15-19,22,24H2,1-3H3,(H2,37,42)(H,39,40). The van der Waals surface area contributed by atoms with Crippen molar-refractivity contribution in [3.8, 4) is 11.5 Å². The molecule has 1 amide bonds. The zero-order valence-corrected chi connectivity index (χ0v) is 26.2. The first-order valence-corrected chi connectivity index (χ1v) is 15.9. The molecule has 5 rings (SSSR count). The van der Waals surface area contributed by atoms with Crippen molar-refractivity contribution in [1.29, 1.82) is 0 Å². The van der Waals surface area contributed by atoms with Crippen LogP contribution < -0.4 is 25.8 Å². The van der Waals surface area contributed by atoms with Gasteiger partial charge in [-0.15, -0.1) is 0 Å². The van der Waals surface area contributed by atoms with E-state index in [2.05, 4.69) is 76.0 Å². The summed E-state index contributed by atoms with van der Waals surface area (Å²) in [5.74, 6) is 0.885. The summed E-state index contributed by atoms with van der Waals surface area (Å²) >= 11 is 0. The van der Waals surface area contributed by atoms with Crippen LogP contribution in [0.5, 0.6) is 11.5 Å². The average molecular weight is 596 g/mol. The van der Waals surface area contributed by atoms with Crippen LogP contribution in [0.3, 0.4) is 0 Å². The highest BCUT2D eigenvalue weighted by Crippen LogP contribution is 2.38. The van der Waals surface area contributed by atoms with Crippen LogP contribution in [0.15, 0.2) is 66.9 Å². The molecule has 1 aliphatic rings. The lowest BCUT2D eigenvalue weighted by Gasteiger charge is -2.32. The van der Waals surface area contributed by atoms with Crippen LogP contribution in [0.4, 0.5) is 11.4 Å². The SMILES string of the molecule is CCOc1cc2ncc(CC(N)=O)c(Nc3cccc(CNC4CCN(Cc5ccccc5)CC4)c3CC)c2cc1OCC. The fraction of sp³-hybridized carbons (Fsp3) is 0.389. The van der Waals surface area contributed by atoms with E-state index < -0.39 is 5.91 Å². The minimum absolute atomic E-state index is 0.0775. The molecule has 0 bridgehead atoms. The van der Waals surface area contributed by atoms with Gasteiger partial charge in [0, 0.05) is 48.0 Å². The molecule has 0 atom stereocenters. The number of aromatic nitrogens is 1. The summed E-state index contributed by atoms with van der Waals surface area (Å²) in [6.45, 7) is 11.1. The van der Waals surface area contributed by atoms with Crippen molar-refractivity contribution in [3.63, 3.8) is 0 Å². The van der Waals surface area contributed by atoms with Crippen molar-refractivity contribution in [1.82, 2.24) is 15.2 Å². The van der Waals surface area contributed by atoms with Gasteiger partial charge in [0.05, 0.1) is 30.8 Å². The molecule has 4 N–H and O–H groups in total. The molecule has 0 aliphatic carbocycles. The summed E-state index contributed by atoms with van der Waals surface area (Å²) in [6.07, 6.45) is 4.94. The van der Waals surface area contributed by atoms with E-state index in [1.807, 2.05) is 26.0 Å². The van der Waals surface area contributed by atoms with Crippen LogP contribution in [0.2, 0.25) is 0 Å². The normalized spacial score (nSPS) is 14.1. The second kappa shape index (κ2) is 15.0. The number of anilines is 2. The summed E-state index contributed by atoms with van der Waals surface area (Å²) in [7, 11) is 0. The molecule has 3 aromatic carbocycles. The van der Waals surface area contributed by atoms with Crippen LogP contribution in [-0.4, -0.2) is 48.1 Å². The molecule has 1 saturated heterocycles. The summed E-state index contributed by atoms with van der Waals surface area (Å²) < 4.78 is 11.8. The fourth-order valence-corrected chi connectivity index (χ4v) is 6.11. The van der Waals surface area contributed by atoms with Gasteiger partial charge in [-0.2, -0.15) is 0 Å². The molecule has 2 heterocycles. The number of hydrogen-bond acceptors (Lipinski definition) is 7. The predicted octanol–water partition coefficient (Wildman–Crippen LogP) is 6.12. The van der Waals surface area contributed by atoms with Crippen molar-refractivity contribution < 1.29 is 14.3 Å². The van der Waals surface area contributed by atoms with Gasteiger partial charge in [-0.05, 0) is 75.0 Å². The maximum absolute atomic E-state index is 12.1. The molecule has 0 radical (unpaired) electrons. The van der Waals surface area contributed by atoms with E-state index >= 15 is 0 Å². The zero-order valence-electron chi connectivity index (χ0n) is 26.2. The number of piperidine rings is 1. The number of ether oxygens (including phenoxy) is 2. The topological polar surface area (TPSA) is 102 Å². The summed E-state index contributed by atoms with van der Waals surface area (Å²) in [5.41, 5.74) is 12.9. The van der Waals surface area contributed by atoms with Gasteiger partial charge in [-0.1, -0.05) is 49.4 Å². The quantitative estimate of drug-likeness (QED) is 0.161. The number of rotatable bonds is 14. The fourth-order valence-electron chi connectivity index (χ4n) is 6.11. The lowest BCUT2D eigenvalue weighted by atomic mass is 9.99. The molecule has 44 heavy (non-hydrogen) atoms. The smallest absolute Gasteiger partial charge is 0.221 e. The van der Waals surface area contributed by atoms with E-state index in [0.29, 0.717) is 30.8 Å². The van der Waals surface area contributed by atoms with E-state index in [9.17, 15) is 4.79 Å². The Labute approximate surface area is 261 Å². The molecule has 1 fully saturated rings. The molecule has 0 unspecified atom stereocenters. The van der Waals surface area contributed by atoms with Crippen LogP contribution >= 0.6 is 0 Å². The monoisotopic (exact) mass is 595 g/mol. The molecular weight excluding hydrogens is 550 g/mol. The van der Waals surface area contributed by atoms with Crippen molar-refractivity contribution in [2.45, 2.75) is 65.6 Å². The highest BCUT2D eigenvalue weighted by atomic mass is 16.5. The van der Waals surface area contributed by atoms with Crippen molar-refractivity contribution in [2.24, 2.45) is 5.73 Å². The van der Waals surface area contributed by atoms with E-state index in [1.165, 1.54) is 16.7 Å². The number of nitrogens with two attached hydrogens (primary N) is 1. The van der Waals surface area contributed by atoms with E-state index in [4.69, 9.17) is 15.2 Å². The minimum atomic E-state index is -0.409. The Balaban J connectivity index is 1.36. The Bertz CT molecular complexity index is 1550. The molecule has 8 heteroatoms. The number of likely N-dealkylation sites (tertiary alicyclic amines) is 1. The minimum Gasteiger partial charge on any atom is -0.490 e. The molecule has 0 saturated carbocycles. The molecule has 1 aliphatic heterocycles. The first kappa shape index (κ1) is 31.3. The first-order chi connectivity index (χ1) is 21.5. The highest BCUT2D eigenvalue weighted by molar-refractivity contribution is 5.98. The largest absolute Gasteiger partial charge is 0.490 e. The molecule has 0 spiro atoms. The van der Waals surface area contributed by atoms with Gasteiger partial charge in [-0.25, -0.2) is 0 Å². The molecule has 4 aromatic rings. The highest BCUT2D eigenvalue weighted by Gasteiger charge is 2.20. The Morgan fingerprint density at radius 1 is 0.955 bits per heavy atom. The number of benzene rings is 3. The second-order valence-electron chi connectivity index (χ2n) is 11.3. The van der Waals surface area contributed by atoms with Gasteiger partial charge in [0.2, 0.25) is 5.91 Å². The number of nitrogens with one attached hydrogen (secondary N) is 2. The number of pyridine rings is 1. The van der Waals surface area contributed by atoms with Crippen LogP contribution in [0.1, 0.15) is 55.9 Å². The van der Waals surface area contributed by atoms with Gasteiger partial charge in [0.15, 0.2) is 11.5 Å². The van der Waals surface area contributed by atoms with Gasteiger partial charge < -0.3 is 25.8 Å². The lowest BCUT2D eigenvalue weighted by Crippen LogP contribution is -2.41. The third-order valence-corrected chi connectivity index (χ3v) is 8.28. The van der Waals surface area contributed by atoms with Crippen LogP contribution in [-0.2, 0) is 30.7 Å². The molecule has 232 valence electrons. The summed E-state index contributed by atoms with van der Waals surface area (Å²) in [4.78, 5) is 19.3. The van der Waals surface area contributed by atoms with Gasteiger partial charge in [0.25, 0.3) is 0 Å². The lowest BCUT2D eigenvalue weighted by molar-refractivity contribution is -0.117. The number of carbonyl (C=O) groups excluding carboxylic acids is 1. The van der Waals surface area contributed by atoms with Crippen molar-refractivity contribution in [2.75, 3.05) is 31.6 Å². The number of carbonyl (C=O) groups is 1. The number of hydrogen-bond donors (Lipinski definition) is 3. The third-order valence-electron chi connectivity index (χ3n) is 8.28. The zero-order chi connectivity index (χ0) is 30.9. The first-order valence-electron chi connectivity index (χ1n) is 15.9. The van der Waals surface area contributed by atoms with E-state index in [-0.39, 0.29) is 6.42 Å². The Hall–Kier alpha value is -4.14. The molecule has 1 aromatic heterocycles. The van der Waals surface area contributed by atoms with Crippen LogP contribution in [0.25, 0.3) is 10.9 Å². The van der Waals surface area contributed by atoms with Crippen LogP contribution in [0, 0.1) is 0 Å². The number of nitrogens with zero attached hydrogens (tertiary/aromatic N) is 2. The van der Waals surface area contributed by atoms with Gasteiger partial charge in [-0.3, -0.25) is 14.7 Å². The number of amides is 1. The summed E-state index contributed by atoms with van der Waals surface area (Å²) in [6, 6.07) is 21.5. The average Bonchev–Trinajstić information content (AvgIpc) is 3.03. The Kier molecular flexibility index (Phi) is 10.7. The third kappa shape index (κ3) is 7.68. The maximum atomic E-state index is 12.1. The Morgan fingerprint density at radius 2 is 1.68 bits per heavy atom. The van der Waals surface area contributed by atoms with E-state index in [1.54, 1.807) is 6.20 Å². The maximum Gasteiger partial charge on any atom is 0.221 e. The van der Waals surface area contributed by atoms with Crippen molar-refractivity contribution >= 4 is 28.2 Å². The molecule has 8 nitrogen and oxygen atoms in total. The summed E-state index contributed by atoms with van der Waals surface area (Å²) in [5, 5.41) is 8.38. The predicted molar refractivity (Wildman–Crippen MR) is 178 cm³/mol. The second-order valence-corrected chi connectivity index (χ2v) is 11.3. The van der Waals surface area contributed by atoms with Crippen molar-refractivity contribution in [3.05, 3.63) is 89.1 Å². The number of primary amides is 1. The van der Waals surface area contributed by atoms with E-state index in [0.717, 1.165) is 73.3 Å². The molecular formula is C36H45N5O3. The van der Waals surface area contributed by atoms with Gasteiger partial charge in [0.1, 0.15) is 0 Å². The Morgan fingerprint density at radius 3 is 2.36 bits per heavy atom. The number of fused-ring (bicyclic) bond motifs is 1. The van der Waals surface area contributed by atoms with Gasteiger partial charge >= 0.3 is 0 Å².